The van der Waals surface area contributed by atoms with Gasteiger partial charge in [0.25, 0.3) is 0 Å². The molecule has 1 saturated carbocycles. The third-order valence-corrected chi connectivity index (χ3v) is 5.92. The van der Waals surface area contributed by atoms with Crippen molar-refractivity contribution in [2.24, 2.45) is 11.3 Å². The molecule has 0 saturated heterocycles. The molecule has 1 fully saturated rings. The van der Waals surface area contributed by atoms with Crippen LogP contribution in [0.5, 0.6) is 0 Å². The van der Waals surface area contributed by atoms with Gasteiger partial charge in [-0.15, -0.1) is 0 Å². The van der Waals surface area contributed by atoms with Crippen LogP contribution in [0.25, 0.3) is 17.3 Å². The number of aromatic nitrogens is 2. The Kier molecular flexibility index (Phi) is 3.97. The Balaban J connectivity index is 1.72. The zero-order valence-corrected chi connectivity index (χ0v) is 14.5. The molecule has 2 atom stereocenters. The van der Waals surface area contributed by atoms with Gasteiger partial charge >= 0.3 is 6.18 Å². The minimum Gasteiger partial charge on any atom is -0.330 e. The molecule has 2 aromatic rings. The summed E-state index contributed by atoms with van der Waals surface area (Å²) in [5.41, 5.74) is 3.04. The molecule has 138 valence electrons. The van der Waals surface area contributed by atoms with Crippen LogP contribution in [0, 0.1) is 17.2 Å². The monoisotopic (exact) mass is 364 g/mol. The van der Waals surface area contributed by atoms with E-state index in [0.717, 1.165) is 35.4 Å². The van der Waals surface area contributed by atoms with Crippen molar-refractivity contribution in [2.45, 2.75) is 45.3 Å². The van der Waals surface area contributed by atoms with Crippen molar-refractivity contribution >= 4 is 6.08 Å². The van der Waals surface area contributed by atoms with Crippen LogP contribution in [-0.4, -0.2) is 15.7 Å². The van der Waals surface area contributed by atoms with Crippen LogP contribution >= 0.6 is 0 Å². The molecule has 6 heteroatoms. The van der Waals surface area contributed by atoms with Crippen LogP contribution < -0.4 is 0 Å². The van der Waals surface area contributed by atoms with Gasteiger partial charge in [-0.05, 0) is 55.5 Å². The van der Waals surface area contributed by atoms with E-state index in [1.165, 1.54) is 12.1 Å². The quantitative estimate of drug-likeness (QED) is 0.612. The minimum absolute atomic E-state index is 0.310. The summed E-state index contributed by atoms with van der Waals surface area (Å²) in [5.74, 6) is -0.720. The number of benzene rings is 1. The van der Waals surface area contributed by atoms with Crippen molar-refractivity contribution in [3.63, 3.8) is 0 Å². The summed E-state index contributed by atoms with van der Waals surface area (Å²) in [5, 5.41) is 0. The maximum Gasteiger partial charge on any atom is 0.389 e. The van der Waals surface area contributed by atoms with E-state index >= 15 is 0 Å². The Morgan fingerprint density at radius 2 is 1.96 bits per heavy atom. The second kappa shape index (κ2) is 5.96. The highest BCUT2D eigenvalue weighted by Crippen LogP contribution is 2.53. The first kappa shape index (κ1) is 17.3. The number of allylic oxidation sites excluding steroid dienone is 1. The third kappa shape index (κ3) is 2.95. The highest BCUT2D eigenvalue weighted by molar-refractivity contribution is 5.72. The Labute approximate surface area is 149 Å². The minimum atomic E-state index is -4.15. The van der Waals surface area contributed by atoms with Gasteiger partial charge in [-0.25, -0.2) is 9.37 Å². The Hall–Kier alpha value is -2.11. The highest BCUT2D eigenvalue weighted by Gasteiger charge is 2.47. The molecule has 0 bridgehead atoms. The van der Waals surface area contributed by atoms with Gasteiger partial charge in [0.15, 0.2) is 0 Å². The lowest BCUT2D eigenvalue weighted by atomic mass is 9.62. The fourth-order valence-corrected chi connectivity index (χ4v) is 4.50. The smallest absolute Gasteiger partial charge is 0.330 e. The zero-order valence-electron chi connectivity index (χ0n) is 14.5. The molecule has 1 aromatic heterocycles. The summed E-state index contributed by atoms with van der Waals surface area (Å²) in [6, 6.07) is 6.14. The average Bonchev–Trinajstić information content (AvgIpc) is 2.95. The summed E-state index contributed by atoms with van der Waals surface area (Å²) < 4.78 is 54.3. The third-order valence-electron chi connectivity index (χ3n) is 5.92. The second-order valence-corrected chi connectivity index (χ2v) is 7.61. The fraction of sp³-hybridized carbons (Fsp3) is 0.450. The van der Waals surface area contributed by atoms with Crippen molar-refractivity contribution in [3.05, 3.63) is 47.7 Å². The maximum absolute atomic E-state index is 13.2. The normalized spacial score (nSPS) is 25.4. The number of halogens is 4. The zero-order chi connectivity index (χ0) is 18.5. The van der Waals surface area contributed by atoms with Gasteiger partial charge in [0.1, 0.15) is 5.82 Å². The molecule has 1 aliphatic carbocycles. The average molecular weight is 364 g/mol. The van der Waals surface area contributed by atoms with Crippen LogP contribution in [0.15, 0.2) is 36.2 Å². The molecule has 1 aliphatic heterocycles. The fourth-order valence-electron chi connectivity index (χ4n) is 4.50. The second-order valence-electron chi connectivity index (χ2n) is 7.61. The molecule has 4 rings (SSSR count). The largest absolute Gasteiger partial charge is 0.389 e. The number of hydrogen-bond donors (Lipinski definition) is 0. The summed E-state index contributed by atoms with van der Waals surface area (Å²) in [6.07, 6.45) is 1.01. The van der Waals surface area contributed by atoms with Crippen LogP contribution in [0.4, 0.5) is 17.6 Å². The first-order valence-corrected chi connectivity index (χ1v) is 8.85. The molecule has 0 unspecified atom stereocenters. The van der Waals surface area contributed by atoms with Gasteiger partial charge in [0.2, 0.25) is 0 Å². The standard InChI is InChI=1S/C20H20F4N2/c1-19-11-26-12-25-18(13-5-7-16(21)8-6-13)17(26)9-14(19)3-2-4-15(19)10-20(22,23)24/h5-9,12,15H,2-4,10-11H2,1H3/t15-,19+/m1/s1. The topological polar surface area (TPSA) is 17.8 Å². The molecule has 0 amide bonds. The van der Waals surface area contributed by atoms with E-state index in [-0.39, 0.29) is 5.82 Å². The molecule has 2 aliphatic rings. The number of nitrogens with zero attached hydrogens (tertiary/aromatic N) is 2. The summed E-state index contributed by atoms with van der Waals surface area (Å²) in [4.78, 5) is 4.46. The summed E-state index contributed by atoms with van der Waals surface area (Å²) >= 11 is 0. The lowest BCUT2D eigenvalue weighted by molar-refractivity contribution is -0.155. The van der Waals surface area contributed by atoms with Crippen LogP contribution in [-0.2, 0) is 6.54 Å². The maximum atomic E-state index is 13.2. The van der Waals surface area contributed by atoms with Crippen LogP contribution in [0.3, 0.4) is 0 Å². The molecule has 1 aromatic carbocycles. The molecule has 0 spiro atoms. The van der Waals surface area contributed by atoms with E-state index in [1.54, 1.807) is 18.5 Å². The lowest BCUT2D eigenvalue weighted by Gasteiger charge is -2.46. The molecular formula is C20H20F4N2. The van der Waals surface area contributed by atoms with Crippen molar-refractivity contribution < 1.29 is 17.6 Å². The summed E-state index contributed by atoms with van der Waals surface area (Å²) in [7, 11) is 0. The van der Waals surface area contributed by atoms with Crippen molar-refractivity contribution in [1.29, 1.82) is 0 Å². The summed E-state index contributed by atoms with van der Waals surface area (Å²) in [6.45, 7) is 2.46. The molecule has 2 nitrogen and oxygen atoms in total. The number of fused-ring (bicyclic) bond motifs is 2. The number of hydrogen-bond acceptors (Lipinski definition) is 1. The van der Waals surface area contributed by atoms with E-state index in [9.17, 15) is 17.6 Å². The number of imidazole rings is 1. The Morgan fingerprint density at radius 1 is 1.23 bits per heavy atom. The van der Waals surface area contributed by atoms with Gasteiger partial charge in [-0.1, -0.05) is 12.5 Å². The lowest BCUT2D eigenvalue weighted by Crippen LogP contribution is -2.41. The molecule has 26 heavy (non-hydrogen) atoms. The molecule has 2 heterocycles. The van der Waals surface area contributed by atoms with Gasteiger partial charge in [0, 0.05) is 23.9 Å². The number of rotatable bonds is 2. The SMILES string of the molecule is C[C@]12Cn3cnc(-c4ccc(F)cc4)c3C=C1CCC[C@@H]2CC(F)(F)F. The first-order valence-electron chi connectivity index (χ1n) is 8.85. The van der Waals surface area contributed by atoms with Crippen molar-refractivity contribution in [2.75, 3.05) is 0 Å². The van der Waals surface area contributed by atoms with E-state index in [0.29, 0.717) is 13.0 Å². The van der Waals surface area contributed by atoms with Gasteiger partial charge in [-0.2, -0.15) is 13.2 Å². The van der Waals surface area contributed by atoms with Gasteiger partial charge in [0.05, 0.1) is 17.7 Å². The Bertz CT molecular complexity index is 848. The molecular weight excluding hydrogens is 344 g/mol. The number of alkyl halides is 3. The van der Waals surface area contributed by atoms with Gasteiger partial charge in [-0.3, -0.25) is 0 Å². The van der Waals surface area contributed by atoms with Crippen molar-refractivity contribution in [3.8, 4) is 11.3 Å². The predicted molar refractivity (Wildman–Crippen MR) is 91.7 cm³/mol. The van der Waals surface area contributed by atoms with E-state index in [4.69, 9.17) is 0 Å². The van der Waals surface area contributed by atoms with Gasteiger partial charge < -0.3 is 4.57 Å². The van der Waals surface area contributed by atoms with Crippen LogP contribution in [0.1, 0.15) is 38.3 Å². The van der Waals surface area contributed by atoms with E-state index in [1.807, 2.05) is 17.6 Å². The van der Waals surface area contributed by atoms with E-state index in [2.05, 4.69) is 4.98 Å². The molecule has 0 radical (unpaired) electrons. The highest BCUT2D eigenvalue weighted by atomic mass is 19.4. The molecule has 0 N–H and O–H groups in total. The first-order chi connectivity index (χ1) is 12.3. The Morgan fingerprint density at radius 3 is 2.65 bits per heavy atom. The van der Waals surface area contributed by atoms with E-state index < -0.39 is 23.9 Å². The van der Waals surface area contributed by atoms with Crippen LogP contribution in [0.2, 0.25) is 0 Å². The predicted octanol–water partition coefficient (Wildman–Crippen LogP) is 5.85. The van der Waals surface area contributed by atoms with Crippen molar-refractivity contribution in [1.82, 2.24) is 9.55 Å².